The predicted molar refractivity (Wildman–Crippen MR) is 103 cm³/mol. The third-order valence-corrected chi connectivity index (χ3v) is 7.04. The molecule has 0 atom stereocenters. The largest absolute Gasteiger partial charge is 0.455 e. The van der Waals surface area contributed by atoms with E-state index < -0.39 is 10.0 Å². The normalized spacial score (nSPS) is 16.5. The zero-order chi connectivity index (χ0) is 20.6. The number of sulfonamides is 1. The van der Waals surface area contributed by atoms with Crippen LogP contribution in [0.3, 0.4) is 0 Å². The average molecular weight is 407 g/mol. The van der Waals surface area contributed by atoms with Gasteiger partial charge in [0.15, 0.2) is 5.76 Å². The fourth-order valence-corrected chi connectivity index (χ4v) is 4.36. The highest BCUT2D eigenvalue weighted by atomic mass is 32.2. The highest BCUT2D eigenvalue weighted by Gasteiger charge is 2.29. The van der Waals surface area contributed by atoms with Crippen LogP contribution in [0.15, 0.2) is 19.8 Å². The van der Waals surface area contributed by atoms with Crippen molar-refractivity contribution in [3.63, 3.8) is 0 Å². The van der Waals surface area contributed by atoms with Gasteiger partial charge in [-0.25, -0.2) is 12.7 Å². The Balaban J connectivity index is 1.94. The Kier molecular flexibility index (Phi) is 5.52. The maximum atomic E-state index is 12.4. The fourth-order valence-electron chi connectivity index (χ4n) is 3.30. The first-order valence-corrected chi connectivity index (χ1v) is 10.4. The first-order valence-electron chi connectivity index (χ1n) is 9.00. The number of furan rings is 1. The molecule has 0 spiro atoms. The number of aromatic nitrogens is 1. The standard InChI is InChI=1S/C18H25N5O4S/c1-12-16(28(24,25)21(2)3)10-15(26-12)17-20-14(11-19)18(27-17)23(5)13-6-8-22(4)9-7-13/h10,13H,6-9H2,1-5H3. The summed E-state index contributed by atoms with van der Waals surface area (Å²) in [7, 11) is 3.23. The van der Waals surface area contributed by atoms with Crippen molar-refractivity contribution in [3.05, 3.63) is 17.5 Å². The number of rotatable bonds is 5. The van der Waals surface area contributed by atoms with Crippen LogP contribution in [0, 0.1) is 18.3 Å². The highest BCUT2D eigenvalue weighted by molar-refractivity contribution is 7.89. The molecule has 0 aliphatic carbocycles. The maximum Gasteiger partial charge on any atom is 0.266 e. The molecule has 0 unspecified atom stereocenters. The van der Waals surface area contributed by atoms with E-state index >= 15 is 0 Å². The van der Waals surface area contributed by atoms with Crippen molar-refractivity contribution in [1.82, 2.24) is 14.2 Å². The van der Waals surface area contributed by atoms with Crippen LogP contribution in [0.5, 0.6) is 0 Å². The summed E-state index contributed by atoms with van der Waals surface area (Å²) in [6, 6.07) is 3.69. The van der Waals surface area contributed by atoms with Gasteiger partial charge < -0.3 is 18.6 Å². The molecule has 2 aromatic heterocycles. The van der Waals surface area contributed by atoms with Crippen LogP contribution >= 0.6 is 0 Å². The lowest BCUT2D eigenvalue weighted by Crippen LogP contribution is -2.42. The van der Waals surface area contributed by atoms with E-state index in [-0.39, 0.29) is 34.0 Å². The van der Waals surface area contributed by atoms with E-state index in [9.17, 15) is 13.7 Å². The Labute approximate surface area is 165 Å². The zero-order valence-corrected chi connectivity index (χ0v) is 17.6. The van der Waals surface area contributed by atoms with E-state index in [2.05, 4.69) is 23.0 Å². The Morgan fingerprint density at radius 3 is 2.46 bits per heavy atom. The Morgan fingerprint density at radius 1 is 1.25 bits per heavy atom. The van der Waals surface area contributed by atoms with Crippen molar-refractivity contribution >= 4 is 15.9 Å². The smallest absolute Gasteiger partial charge is 0.266 e. The van der Waals surface area contributed by atoms with Crippen LogP contribution in [0.1, 0.15) is 24.3 Å². The lowest BCUT2D eigenvalue weighted by Gasteiger charge is -2.34. The van der Waals surface area contributed by atoms with Gasteiger partial charge in [-0.05, 0) is 39.9 Å². The number of anilines is 1. The van der Waals surface area contributed by atoms with Gasteiger partial charge in [-0.3, -0.25) is 0 Å². The summed E-state index contributed by atoms with van der Waals surface area (Å²) in [6.07, 6.45) is 1.91. The molecule has 0 amide bonds. The summed E-state index contributed by atoms with van der Waals surface area (Å²) < 4.78 is 37.4. The van der Waals surface area contributed by atoms with Gasteiger partial charge in [0.25, 0.3) is 5.89 Å². The van der Waals surface area contributed by atoms with E-state index in [0.29, 0.717) is 5.88 Å². The Bertz CT molecular complexity index is 994. The van der Waals surface area contributed by atoms with Crippen molar-refractivity contribution in [2.45, 2.75) is 30.7 Å². The molecule has 3 rings (SSSR count). The Hall–Kier alpha value is -2.35. The molecule has 3 heterocycles. The molecular formula is C18H25N5O4S. The van der Waals surface area contributed by atoms with Crippen molar-refractivity contribution in [1.29, 1.82) is 5.26 Å². The van der Waals surface area contributed by atoms with E-state index in [1.807, 2.05) is 11.9 Å². The molecule has 9 nitrogen and oxygen atoms in total. The minimum Gasteiger partial charge on any atom is -0.455 e. The zero-order valence-electron chi connectivity index (χ0n) is 16.8. The number of aryl methyl sites for hydroxylation is 1. The molecule has 0 aromatic carbocycles. The van der Waals surface area contributed by atoms with Crippen LogP contribution in [-0.4, -0.2) is 69.9 Å². The second kappa shape index (κ2) is 7.58. The van der Waals surface area contributed by atoms with Crippen molar-refractivity contribution in [2.75, 3.05) is 46.2 Å². The number of piperidine rings is 1. The van der Waals surface area contributed by atoms with Gasteiger partial charge in [-0.1, -0.05) is 0 Å². The van der Waals surface area contributed by atoms with E-state index in [4.69, 9.17) is 8.83 Å². The number of hydrogen-bond donors (Lipinski definition) is 0. The summed E-state index contributed by atoms with van der Waals surface area (Å²) in [5.74, 6) is 0.885. The maximum absolute atomic E-state index is 12.4. The van der Waals surface area contributed by atoms with Crippen LogP contribution in [0.25, 0.3) is 11.7 Å². The van der Waals surface area contributed by atoms with E-state index in [0.717, 1.165) is 30.2 Å². The van der Waals surface area contributed by atoms with Crippen molar-refractivity contribution in [3.8, 4) is 17.7 Å². The summed E-state index contributed by atoms with van der Waals surface area (Å²) in [4.78, 5) is 8.48. The molecule has 10 heteroatoms. The third-order valence-electron chi connectivity index (χ3n) is 5.11. The topological polar surface area (TPSA) is 107 Å². The molecule has 0 saturated carbocycles. The van der Waals surface area contributed by atoms with Gasteiger partial charge in [0, 0.05) is 33.3 Å². The minimum atomic E-state index is -3.65. The molecule has 0 bridgehead atoms. The number of nitriles is 1. The predicted octanol–water partition coefficient (Wildman–Crippen LogP) is 1.90. The first kappa shape index (κ1) is 20.4. The van der Waals surface area contributed by atoms with E-state index in [1.165, 1.54) is 20.2 Å². The van der Waals surface area contributed by atoms with Crippen molar-refractivity contribution < 1.29 is 17.3 Å². The van der Waals surface area contributed by atoms with Crippen LogP contribution in [0.4, 0.5) is 5.88 Å². The molecule has 1 saturated heterocycles. The number of oxazole rings is 1. The molecule has 1 aliphatic rings. The number of hydrogen-bond acceptors (Lipinski definition) is 8. The van der Waals surface area contributed by atoms with Crippen LogP contribution in [0.2, 0.25) is 0 Å². The van der Waals surface area contributed by atoms with Gasteiger partial charge >= 0.3 is 0 Å². The second-order valence-corrected chi connectivity index (χ2v) is 9.37. The van der Waals surface area contributed by atoms with Gasteiger partial charge in [0.2, 0.25) is 21.6 Å². The molecule has 152 valence electrons. The number of likely N-dealkylation sites (tertiary alicyclic amines) is 1. The summed E-state index contributed by atoms with van der Waals surface area (Å²) in [5, 5.41) is 9.49. The van der Waals surface area contributed by atoms with Gasteiger partial charge in [0.1, 0.15) is 16.7 Å². The number of nitrogens with zero attached hydrogens (tertiary/aromatic N) is 5. The van der Waals surface area contributed by atoms with Gasteiger partial charge in [-0.15, -0.1) is 0 Å². The molecular weight excluding hydrogens is 382 g/mol. The molecule has 0 radical (unpaired) electrons. The summed E-state index contributed by atoms with van der Waals surface area (Å²) >= 11 is 0. The van der Waals surface area contributed by atoms with E-state index in [1.54, 1.807) is 6.92 Å². The quantitative estimate of drug-likeness (QED) is 0.740. The van der Waals surface area contributed by atoms with Crippen LogP contribution < -0.4 is 4.90 Å². The first-order chi connectivity index (χ1) is 13.1. The van der Waals surface area contributed by atoms with Gasteiger partial charge in [0.05, 0.1) is 0 Å². The molecule has 0 N–H and O–H groups in total. The van der Waals surface area contributed by atoms with Crippen LogP contribution in [-0.2, 0) is 10.0 Å². The Morgan fingerprint density at radius 2 is 1.89 bits per heavy atom. The van der Waals surface area contributed by atoms with Gasteiger partial charge in [-0.2, -0.15) is 10.2 Å². The second-order valence-electron chi connectivity index (χ2n) is 7.25. The average Bonchev–Trinajstić information content (AvgIpc) is 3.25. The molecule has 1 aliphatic heterocycles. The SMILES string of the molecule is Cc1oc(-c2nc(C#N)c(N(C)C3CCN(C)CC3)o2)cc1S(=O)(=O)N(C)C. The molecule has 2 aromatic rings. The summed E-state index contributed by atoms with van der Waals surface area (Å²) in [5.41, 5.74) is 0.155. The lowest BCUT2D eigenvalue weighted by molar-refractivity contribution is 0.250. The summed E-state index contributed by atoms with van der Waals surface area (Å²) in [6.45, 7) is 3.52. The van der Waals surface area contributed by atoms with Crippen molar-refractivity contribution in [2.24, 2.45) is 0 Å². The monoisotopic (exact) mass is 407 g/mol. The molecule has 28 heavy (non-hydrogen) atoms. The third kappa shape index (κ3) is 3.65. The highest BCUT2D eigenvalue weighted by Crippen LogP contribution is 2.34. The molecule has 1 fully saturated rings. The lowest BCUT2D eigenvalue weighted by atomic mass is 10.0. The minimum absolute atomic E-state index is 0.0504. The fraction of sp³-hybridized carbons (Fsp3) is 0.556.